The van der Waals surface area contributed by atoms with Crippen molar-refractivity contribution in [2.75, 3.05) is 0 Å². The molecule has 0 spiro atoms. The quantitative estimate of drug-likeness (QED) is 0.0596. The number of aromatic hydroxyl groups is 8. The molecule has 64 heavy (non-hydrogen) atoms. The molecule has 9 aromatic rings. The van der Waals surface area contributed by atoms with Crippen LogP contribution in [0, 0.1) is 0 Å². The fourth-order valence-electron chi connectivity index (χ4n) is 8.52. The van der Waals surface area contributed by atoms with E-state index < -0.39 is 0 Å². The van der Waals surface area contributed by atoms with Gasteiger partial charge in [-0.25, -0.2) is 0 Å². The second-order valence-electron chi connectivity index (χ2n) is 16.2. The monoisotopic (exact) mass is 848 g/mol. The number of benzene rings is 9. The average Bonchev–Trinajstić information content (AvgIpc) is 3.28. The number of rotatable bonds is 12. The second kappa shape index (κ2) is 17.2. The van der Waals surface area contributed by atoms with Crippen molar-refractivity contribution in [2.24, 2.45) is 0 Å². The second-order valence-corrected chi connectivity index (χ2v) is 16.2. The highest BCUT2D eigenvalue weighted by Gasteiger charge is 2.23. The van der Waals surface area contributed by atoms with Crippen LogP contribution < -0.4 is 4.74 Å². The lowest BCUT2D eigenvalue weighted by Crippen LogP contribution is -2.02. The molecule has 0 atom stereocenters. The lowest BCUT2D eigenvalue weighted by molar-refractivity contribution is 0.452. The minimum Gasteiger partial charge on any atom is -0.508 e. The molecule has 0 bridgehead atoms. The molecule has 0 aliphatic carbocycles. The van der Waals surface area contributed by atoms with Gasteiger partial charge < -0.3 is 45.6 Å². The lowest BCUT2D eigenvalue weighted by Gasteiger charge is -2.21. The third-order valence-corrected chi connectivity index (χ3v) is 11.7. The maximum atomic E-state index is 12.3. The Morgan fingerprint density at radius 3 is 1.28 bits per heavy atom. The minimum atomic E-state index is -0.0516. The summed E-state index contributed by atoms with van der Waals surface area (Å²) in [6.07, 6.45) is 1.72. The molecule has 318 valence electrons. The van der Waals surface area contributed by atoms with Crippen LogP contribution in [0.25, 0.3) is 21.5 Å². The first kappa shape index (κ1) is 41.1. The highest BCUT2D eigenvalue weighted by Crippen LogP contribution is 2.45. The van der Waals surface area contributed by atoms with Gasteiger partial charge in [0.1, 0.15) is 57.5 Å². The Labute approximate surface area is 368 Å². The van der Waals surface area contributed by atoms with Crippen LogP contribution in [-0.2, 0) is 32.1 Å². The molecule has 0 aromatic heterocycles. The molecule has 0 heterocycles. The van der Waals surface area contributed by atoms with Crippen LogP contribution in [-0.4, -0.2) is 40.9 Å². The van der Waals surface area contributed by atoms with Crippen LogP contribution in [0.2, 0.25) is 0 Å². The Kier molecular flexibility index (Phi) is 11.1. The van der Waals surface area contributed by atoms with Crippen molar-refractivity contribution in [3.8, 4) is 57.5 Å². The van der Waals surface area contributed by atoms with Crippen LogP contribution in [0.3, 0.4) is 0 Å². The van der Waals surface area contributed by atoms with Gasteiger partial charge in [0.25, 0.3) is 0 Å². The predicted octanol–water partition coefficient (Wildman–Crippen LogP) is 11.4. The van der Waals surface area contributed by atoms with E-state index in [1.807, 2.05) is 54.6 Å². The summed E-state index contributed by atoms with van der Waals surface area (Å²) in [5.41, 5.74) is 7.59. The highest BCUT2D eigenvalue weighted by molar-refractivity contribution is 5.99. The van der Waals surface area contributed by atoms with Crippen LogP contribution in [0.4, 0.5) is 0 Å². The topological polar surface area (TPSA) is 171 Å². The number of ether oxygens (including phenoxy) is 1. The van der Waals surface area contributed by atoms with Crippen LogP contribution in [0.5, 0.6) is 57.5 Å². The standard InChI is InChI=1S/C55H44O9/c56-40-14-4-32(5-15-40)24-37-29-38(25-33-6-16-41(57)17-7-33)54(62)48-30-39(55(63)47(52(37)48)28-36-10-20-43(59)21-11-36)26-34-12-22-44(23-13-34)64-51-31-50(61)46(27-35-8-18-42(58)19-9-35)53-45(51)2-1-3-49(53)60/h1-23,29-31,56-63H,24-28H2. The fourth-order valence-corrected chi connectivity index (χ4v) is 8.52. The molecule has 0 saturated heterocycles. The Morgan fingerprint density at radius 1 is 0.328 bits per heavy atom. The van der Waals surface area contributed by atoms with Gasteiger partial charge in [0.15, 0.2) is 0 Å². The van der Waals surface area contributed by atoms with Crippen LogP contribution in [0.1, 0.15) is 55.6 Å². The molecule has 9 rings (SSSR count). The van der Waals surface area contributed by atoms with Gasteiger partial charge in [-0.3, -0.25) is 0 Å². The van der Waals surface area contributed by atoms with Gasteiger partial charge in [-0.2, -0.15) is 0 Å². The van der Waals surface area contributed by atoms with E-state index in [9.17, 15) is 40.9 Å². The van der Waals surface area contributed by atoms with E-state index in [0.717, 1.165) is 33.4 Å². The van der Waals surface area contributed by atoms with Gasteiger partial charge in [0.05, 0.1) is 0 Å². The summed E-state index contributed by atoms with van der Waals surface area (Å²) >= 11 is 0. The third kappa shape index (κ3) is 8.60. The molecule has 0 aliphatic rings. The van der Waals surface area contributed by atoms with Crippen molar-refractivity contribution in [1.82, 2.24) is 0 Å². The maximum Gasteiger partial charge on any atom is 0.139 e. The largest absolute Gasteiger partial charge is 0.508 e. The van der Waals surface area contributed by atoms with Crippen molar-refractivity contribution >= 4 is 21.5 Å². The van der Waals surface area contributed by atoms with E-state index in [1.54, 1.807) is 97.1 Å². The zero-order valence-corrected chi connectivity index (χ0v) is 34.5. The molecule has 0 amide bonds. The van der Waals surface area contributed by atoms with Crippen molar-refractivity contribution < 1.29 is 45.6 Å². The zero-order valence-electron chi connectivity index (χ0n) is 34.5. The first-order chi connectivity index (χ1) is 30.9. The number of phenolic OH excluding ortho intramolecular Hbond substituents is 8. The summed E-state index contributed by atoms with van der Waals surface area (Å²) in [4.78, 5) is 0. The summed E-state index contributed by atoms with van der Waals surface area (Å²) in [5, 5.41) is 88.8. The summed E-state index contributed by atoms with van der Waals surface area (Å²) in [6.45, 7) is 0. The molecular weight excluding hydrogens is 805 g/mol. The molecule has 9 aromatic carbocycles. The van der Waals surface area contributed by atoms with Gasteiger partial charge in [-0.15, -0.1) is 0 Å². The molecule has 0 radical (unpaired) electrons. The Bertz CT molecular complexity index is 3140. The zero-order chi connectivity index (χ0) is 44.5. The van der Waals surface area contributed by atoms with Gasteiger partial charge >= 0.3 is 0 Å². The van der Waals surface area contributed by atoms with Crippen molar-refractivity contribution in [2.45, 2.75) is 32.1 Å². The molecule has 8 N–H and O–H groups in total. The molecule has 0 saturated carbocycles. The first-order valence-corrected chi connectivity index (χ1v) is 20.8. The summed E-state index contributed by atoms with van der Waals surface area (Å²) < 4.78 is 6.35. The number of fused-ring (bicyclic) bond motifs is 2. The normalized spacial score (nSPS) is 11.3. The predicted molar refractivity (Wildman–Crippen MR) is 248 cm³/mol. The van der Waals surface area contributed by atoms with E-state index in [4.69, 9.17) is 4.74 Å². The maximum absolute atomic E-state index is 12.3. The van der Waals surface area contributed by atoms with E-state index in [-0.39, 0.29) is 46.0 Å². The van der Waals surface area contributed by atoms with Crippen LogP contribution >= 0.6 is 0 Å². The first-order valence-electron chi connectivity index (χ1n) is 20.8. The highest BCUT2D eigenvalue weighted by atomic mass is 16.5. The van der Waals surface area contributed by atoms with Gasteiger partial charge in [0.2, 0.25) is 0 Å². The minimum absolute atomic E-state index is 0.00617. The van der Waals surface area contributed by atoms with Gasteiger partial charge in [-0.05, 0) is 129 Å². The summed E-state index contributed by atoms with van der Waals surface area (Å²) in [6, 6.07) is 45.1. The van der Waals surface area contributed by atoms with Gasteiger partial charge in [-0.1, -0.05) is 78.9 Å². The molecule has 0 fully saturated rings. The van der Waals surface area contributed by atoms with Crippen molar-refractivity contribution in [1.29, 1.82) is 0 Å². The van der Waals surface area contributed by atoms with E-state index in [2.05, 4.69) is 0 Å². The number of phenols is 8. The molecule has 0 aliphatic heterocycles. The molecular formula is C55H44O9. The molecule has 9 nitrogen and oxygen atoms in total. The molecule has 9 heteroatoms. The van der Waals surface area contributed by atoms with E-state index in [0.29, 0.717) is 87.4 Å². The van der Waals surface area contributed by atoms with Crippen molar-refractivity contribution in [3.63, 3.8) is 0 Å². The third-order valence-electron chi connectivity index (χ3n) is 11.7. The average molecular weight is 849 g/mol. The van der Waals surface area contributed by atoms with Crippen molar-refractivity contribution in [3.05, 3.63) is 213 Å². The Balaban J connectivity index is 1.09. The van der Waals surface area contributed by atoms with E-state index in [1.165, 1.54) is 6.07 Å². The molecule has 0 unspecified atom stereocenters. The van der Waals surface area contributed by atoms with E-state index >= 15 is 0 Å². The van der Waals surface area contributed by atoms with Crippen LogP contribution in [0.15, 0.2) is 158 Å². The SMILES string of the molecule is Oc1ccc(Cc2cc(Cc3ccc(O)cc3)c3c(Cc4ccc(O)cc4)c(O)c(Cc4ccc(Oc5cc(O)c(Cc6ccc(O)cc6)c6c(O)cccc56)cc4)cc3c2O)cc1. The Morgan fingerprint density at radius 2 is 0.766 bits per heavy atom. The fraction of sp³-hybridized carbons (Fsp3) is 0.0909. The van der Waals surface area contributed by atoms with Gasteiger partial charge in [0, 0.05) is 59.0 Å². The number of hydrogen-bond acceptors (Lipinski definition) is 9. The Hall–Kier alpha value is -8.30. The summed E-state index contributed by atoms with van der Waals surface area (Å²) in [7, 11) is 0. The lowest BCUT2D eigenvalue weighted by atomic mass is 9.85. The number of hydrogen-bond donors (Lipinski definition) is 8. The smallest absolute Gasteiger partial charge is 0.139 e. The summed E-state index contributed by atoms with van der Waals surface area (Å²) in [5.74, 6) is 1.45.